The monoisotopic (exact) mass is 383 g/mol. The van der Waals surface area contributed by atoms with Crippen LogP contribution >= 0.6 is 0 Å². The molecule has 2 aromatic rings. The molecule has 148 valence electrons. The molecule has 2 aliphatic rings. The van der Waals surface area contributed by atoms with Crippen LogP contribution in [0.5, 0.6) is 17.2 Å². The number of carbonyl (C=O) groups is 1. The highest BCUT2D eigenvalue weighted by molar-refractivity contribution is 6.23. The highest BCUT2D eigenvalue weighted by Crippen LogP contribution is 2.48. The first kappa shape index (κ1) is 18.8. The molecule has 28 heavy (non-hydrogen) atoms. The molecule has 4 rings (SSSR count). The molecular formula is C22H25NO5. The number of nitrogens with zero attached hydrogens (tertiary/aromatic N) is 1. The zero-order valence-corrected chi connectivity index (χ0v) is 16.3. The van der Waals surface area contributed by atoms with Crippen molar-refractivity contribution in [2.75, 3.05) is 53.7 Å². The lowest BCUT2D eigenvalue weighted by Gasteiger charge is -2.26. The Morgan fingerprint density at radius 2 is 1.79 bits per heavy atom. The highest BCUT2D eigenvalue weighted by atomic mass is 16.5. The average molecular weight is 383 g/mol. The van der Waals surface area contributed by atoms with Crippen molar-refractivity contribution < 1.29 is 23.7 Å². The average Bonchev–Trinajstić information content (AvgIpc) is 3.04. The zero-order valence-electron chi connectivity index (χ0n) is 16.3. The van der Waals surface area contributed by atoms with Gasteiger partial charge in [0.25, 0.3) is 0 Å². The first-order valence-electron chi connectivity index (χ1n) is 9.60. The topological polar surface area (TPSA) is 57.2 Å². The number of benzene rings is 2. The van der Waals surface area contributed by atoms with Gasteiger partial charge in [-0.05, 0) is 18.6 Å². The second-order valence-corrected chi connectivity index (χ2v) is 6.92. The molecule has 0 saturated carbocycles. The summed E-state index contributed by atoms with van der Waals surface area (Å²) < 4.78 is 22.4. The predicted octanol–water partition coefficient (Wildman–Crippen LogP) is 3.02. The number of hydrogen-bond donors (Lipinski definition) is 0. The maximum absolute atomic E-state index is 12.9. The molecule has 0 aromatic heterocycles. The van der Waals surface area contributed by atoms with E-state index in [1.807, 2.05) is 18.2 Å². The van der Waals surface area contributed by atoms with Gasteiger partial charge in [0.05, 0.1) is 34.0 Å². The summed E-state index contributed by atoms with van der Waals surface area (Å²) in [6, 6.07) is 9.19. The van der Waals surface area contributed by atoms with Gasteiger partial charge in [-0.25, -0.2) is 0 Å². The van der Waals surface area contributed by atoms with E-state index in [4.69, 9.17) is 18.9 Å². The largest absolute Gasteiger partial charge is 0.497 e. The van der Waals surface area contributed by atoms with E-state index in [0.29, 0.717) is 29.2 Å². The molecule has 6 nitrogen and oxygen atoms in total. The van der Waals surface area contributed by atoms with Gasteiger partial charge in [-0.2, -0.15) is 0 Å². The van der Waals surface area contributed by atoms with Crippen molar-refractivity contribution in [3.05, 3.63) is 41.5 Å². The van der Waals surface area contributed by atoms with Crippen LogP contribution in [0.1, 0.15) is 22.3 Å². The van der Waals surface area contributed by atoms with Crippen molar-refractivity contribution in [2.24, 2.45) is 0 Å². The fourth-order valence-electron chi connectivity index (χ4n) is 3.84. The maximum atomic E-state index is 12.9. The van der Waals surface area contributed by atoms with E-state index < -0.39 is 0 Å². The highest BCUT2D eigenvalue weighted by Gasteiger charge is 2.33. The van der Waals surface area contributed by atoms with Crippen molar-refractivity contribution in [3.63, 3.8) is 0 Å². The Labute approximate surface area is 165 Å². The minimum absolute atomic E-state index is 0.0269. The minimum atomic E-state index is -0.0269. The van der Waals surface area contributed by atoms with Gasteiger partial charge in [-0.1, -0.05) is 12.1 Å². The van der Waals surface area contributed by atoms with Crippen LogP contribution in [0.3, 0.4) is 0 Å². The third-order valence-corrected chi connectivity index (χ3v) is 5.28. The Kier molecular flexibility index (Phi) is 5.50. The lowest BCUT2D eigenvalue weighted by Crippen LogP contribution is -2.37. The minimum Gasteiger partial charge on any atom is -0.497 e. The molecule has 0 bridgehead atoms. The first-order chi connectivity index (χ1) is 13.7. The van der Waals surface area contributed by atoms with Crippen LogP contribution in [0.25, 0.3) is 11.1 Å². The SMILES string of the molecule is COc1cc(OC)c2c(c1)C(=O)c1cccc(OCCCN3CCOCC3)c1-2. The molecule has 0 spiro atoms. The van der Waals surface area contributed by atoms with E-state index in [9.17, 15) is 4.79 Å². The van der Waals surface area contributed by atoms with Crippen LogP contribution in [0.2, 0.25) is 0 Å². The van der Waals surface area contributed by atoms with Gasteiger partial charge >= 0.3 is 0 Å². The van der Waals surface area contributed by atoms with Gasteiger partial charge in [0.2, 0.25) is 0 Å². The number of rotatable bonds is 7. The summed E-state index contributed by atoms with van der Waals surface area (Å²) in [7, 11) is 3.18. The molecule has 1 fully saturated rings. The van der Waals surface area contributed by atoms with Crippen LogP contribution in [-0.2, 0) is 4.74 Å². The van der Waals surface area contributed by atoms with Gasteiger partial charge in [0.1, 0.15) is 17.2 Å². The number of carbonyl (C=O) groups excluding carboxylic acids is 1. The number of fused-ring (bicyclic) bond motifs is 3. The van der Waals surface area contributed by atoms with Gasteiger partial charge in [0, 0.05) is 48.0 Å². The van der Waals surface area contributed by atoms with E-state index in [2.05, 4.69) is 4.90 Å². The fourth-order valence-corrected chi connectivity index (χ4v) is 3.84. The molecule has 6 heteroatoms. The molecule has 2 aromatic carbocycles. The number of ether oxygens (including phenoxy) is 4. The van der Waals surface area contributed by atoms with Crippen molar-refractivity contribution in [3.8, 4) is 28.4 Å². The van der Waals surface area contributed by atoms with E-state index in [0.717, 1.165) is 56.1 Å². The van der Waals surface area contributed by atoms with Crippen molar-refractivity contribution in [1.82, 2.24) is 4.90 Å². The second-order valence-electron chi connectivity index (χ2n) is 6.92. The Balaban J connectivity index is 1.56. The number of methoxy groups -OCH3 is 2. The zero-order chi connectivity index (χ0) is 19.5. The third kappa shape index (κ3) is 3.45. The van der Waals surface area contributed by atoms with Gasteiger partial charge in [-0.15, -0.1) is 0 Å². The summed E-state index contributed by atoms with van der Waals surface area (Å²) in [6.45, 7) is 5.12. The van der Waals surface area contributed by atoms with E-state index in [1.165, 1.54) is 0 Å². The van der Waals surface area contributed by atoms with E-state index in [-0.39, 0.29) is 5.78 Å². The van der Waals surface area contributed by atoms with E-state index in [1.54, 1.807) is 26.4 Å². The van der Waals surface area contributed by atoms with Crippen molar-refractivity contribution in [2.45, 2.75) is 6.42 Å². The summed E-state index contributed by atoms with van der Waals surface area (Å²) in [6.07, 6.45) is 0.921. The van der Waals surface area contributed by atoms with Crippen LogP contribution in [0.15, 0.2) is 30.3 Å². The third-order valence-electron chi connectivity index (χ3n) is 5.28. The molecule has 1 aliphatic heterocycles. The molecule has 0 unspecified atom stereocenters. The van der Waals surface area contributed by atoms with E-state index >= 15 is 0 Å². The molecule has 1 saturated heterocycles. The fraction of sp³-hybridized carbons (Fsp3) is 0.409. The smallest absolute Gasteiger partial charge is 0.194 e. The maximum Gasteiger partial charge on any atom is 0.194 e. The number of hydrogen-bond acceptors (Lipinski definition) is 6. The number of ketones is 1. The molecular weight excluding hydrogens is 358 g/mol. The summed E-state index contributed by atoms with van der Waals surface area (Å²) in [4.78, 5) is 15.3. The molecule has 0 atom stereocenters. The molecule has 0 amide bonds. The van der Waals surface area contributed by atoms with Crippen LogP contribution in [-0.4, -0.2) is 64.4 Å². The van der Waals surface area contributed by atoms with Crippen LogP contribution < -0.4 is 14.2 Å². The van der Waals surface area contributed by atoms with Crippen LogP contribution in [0.4, 0.5) is 0 Å². The summed E-state index contributed by atoms with van der Waals surface area (Å²) in [5, 5.41) is 0. The molecule has 1 aliphatic carbocycles. The van der Waals surface area contributed by atoms with Gasteiger partial charge in [0.15, 0.2) is 5.78 Å². The van der Waals surface area contributed by atoms with Crippen molar-refractivity contribution >= 4 is 5.78 Å². The standard InChI is InChI=1S/C22H25NO5/c1-25-15-13-17-21(19(14-15)26-2)20-16(22(17)24)5-3-6-18(20)28-10-4-7-23-8-11-27-12-9-23/h3,5-6,13-14H,4,7-12H2,1-2H3. The lowest BCUT2D eigenvalue weighted by atomic mass is 10.0. The molecule has 1 heterocycles. The number of morpholine rings is 1. The quantitative estimate of drug-likeness (QED) is 0.585. The second kappa shape index (κ2) is 8.20. The Hall–Kier alpha value is -2.57. The van der Waals surface area contributed by atoms with Crippen molar-refractivity contribution in [1.29, 1.82) is 0 Å². The summed E-state index contributed by atoms with van der Waals surface area (Å²) in [5.41, 5.74) is 2.84. The van der Waals surface area contributed by atoms with Crippen LogP contribution in [0, 0.1) is 0 Å². The Morgan fingerprint density at radius 3 is 2.54 bits per heavy atom. The first-order valence-corrected chi connectivity index (χ1v) is 9.60. The predicted molar refractivity (Wildman–Crippen MR) is 106 cm³/mol. The van der Waals surface area contributed by atoms with Gasteiger partial charge in [-0.3, -0.25) is 9.69 Å². The molecule has 0 radical (unpaired) electrons. The summed E-state index contributed by atoms with van der Waals surface area (Å²) >= 11 is 0. The van der Waals surface area contributed by atoms with Gasteiger partial charge < -0.3 is 18.9 Å². The Bertz CT molecular complexity index is 873. The summed E-state index contributed by atoms with van der Waals surface area (Å²) in [5.74, 6) is 1.91. The normalized spacial score (nSPS) is 15.9. The molecule has 0 N–H and O–H groups in total. The Morgan fingerprint density at radius 1 is 1.00 bits per heavy atom. The lowest BCUT2D eigenvalue weighted by molar-refractivity contribution is 0.0358.